The first-order valence-corrected chi connectivity index (χ1v) is 10.2. The predicted molar refractivity (Wildman–Crippen MR) is 107 cm³/mol. The van der Waals surface area contributed by atoms with Crippen molar-refractivity contribution in [2.75, 3.05) is 0 Å². The van der Waals surface area contributed by atoms with Gasteiger partial charge in [0.15, 0.2) is 11.6 Å². The number of hydrogen-bond acceptors (Lipinski definition) is 4. The van der Waals surface area contributed by atoms with Gasteiger partial charge in [-0.05, 0) is 57.4 Å². The van der Waals surface area contributed by atoms with Crippen molar-refractivity contribution in [2.24, 2.45) is 5.92 Å². The third-order valence-electron chi connectivity index (χ3n) is 5.70. The standard InChI is InChI=1S/C23H23F3N2O3/c1-23(2,3)31-22(30)28-17-8-14(9-17)21(29)18(28)10-12-4-5-27-20(19(12)26)13-6-15(24)11-16(25)7-13/h4-7,11,14,17-18H,8-10H2,1-3H3. The zero-order valence-corrected chi connectivity index (χ0v) is 17.5. The van der Waals surface area contributed by atoms with E-state index in [1.54, 1.807) is 20.8 Å². The van der Waals surface area contributed by atoms with Crippen molar-refractivity contribution in [2.45, 2.75) is 57.7 Å². The van der Waals surface area contributed by atoms with E-state index in [0.29, 0.717) is 18.9 Å². The Kier molecular flexibility index (Phi) is 5.27. The molecular weight excluding hydrogens is 409 g/mol. The molecule has 2 saturated heterocycles. The zero-order chi connectivity index (χ0) is 22.5. The number of fused-ring (bicyclic) bond motifs is 2. The highest BCUT2D eigenvalue weighted by Gasteiger charge is 2.53. The van der Waals surface area contributed by atoms with Gasteiger partial charge in [0.05, 0.1) is 6.04 Å². The highest BCUT2D eigenvalue weighted by atomic mass is 19.1. The van der Waals surface area contributed by atoms with Crippen LogP contribution in [0.15, 0.2) is 30.5 Å². The second-order valence-electron chi connectivity index (χ2n) is 9.12. The molecule has 164 valence electrons. The first kappa shape index (κ1) is 21.3. The lowest BCUT2D eigenvalue weighted by molar-refractivity contribution is -0.144. The first-order chi connectivity index (χ1) is 14.5. The Morgan fingerprint density at radius 1 is 1.16 bits per heavy atom. The van der Waals surface area contributed by atoms with E-state index in [2.05, 4.69) is 4.98 Å². The zero-order valence-electron chi connectivity index (χ0n) is 17.5. The molecule has 3 aliphatic rings. The molecular formula is C23H23F3N2O3. The summed E-state index contributed by atoms with van der Waals surface area (Å²) >= 11 is 0. The largest absolute Gasteiger partial charge is 0.444 e. The van der Waals surface area contributed by atoms with Gasteiger partial charge in [0.25, 0.3) is 0 Å². The quantitative estimate of drug-likeness (QED) is 0.707. The van der Waals surface area contributed by atoms with Crippen molar-refractivity contribution >= 4 is 11.9 Å². The minimum atomic E-state index is -0.860. The lowest BCUT2D eigenvalue weighted by atomic mass is 9.69. The van der Waals surface area contributed by atoms with E-state index in [9.17, 15) is 18.4 Å². The van der Waals surface area contributed by atoms with Crippen molar-refractivity contribution in [3.05, 3.63) is 53.5 Å². The third-order valence-corrected chi connectivity index (χ3v) is 5.70. The minimum absolute atomic E-state index is 0.0429. The molecule has 5 nitrogen and oxygen atoms in total. The molecule has 3 fully saturated rings. The maximum absolute atomic E-state index is 15.3. The molecule has 0 spiro atoms. The fourth-order valence-corrected chi connectivity index (χ4v) is 4.24. The van der Waals surface area contributed by atoms with E-state index in [-0.39, 0.29) is 41.0 Å². The molecule has 1 aromatic carbocycles. The van der Waals surface area contributed by atoms with Crippen LogP contribution in [-0.4, -0.2) is 39.4 Å². The van der Waals surface area contributed by atoms with E-state index in [4.69, 9.17) is 4.74 Å². The summed E-state index contributed by atoms with van der Waals surface area (Å²) in [5, 5.41) is 0. The van der Waals surface area contributed by atoms with Gasteiger partial charge in [-0.25, -0.2) is 18.0 Å². The van der Waals surface area contributed by atoms with Gasteiger partial charge < -0.3 is 4.74 Å². The molecule has 1 atom stereocenters. The maximum Gasteiger partial charge on any atom is 0.411 e. The van der Waals surface area contributed by atoms with Gasteiger partial charge >= 0.3 is 6.09 Å². The van der Waals surface area contributed by atoms with E-state index < -0.39 is 35.2 Å². The molecule has 1 aromatic heterocycles. The van der Waals surface area contributed by atoms with Gasteiger partial charge in [0.1, 0.15) is 22.9 Å². The summed E-state index contributed by atoms with van der Waals surface area (Å²) in [5.74, 6) is -2.73. The van der Waals surface area contributed by atoms with Gasteiger partial charge in [0, 0.05) is 36.2 Å². The Labute approximate surface area is 178 Å². The summed E-state index contributed by atoms with van der Waals surface area (Å²) < 4.78 is 47.9. The second-order valence-corrected chi connectivity index (χ2v) is 9.12. The molecule has 1 saturated carbocycles. The Morgan fingerprint density at radius 3 is 2.42 bits per heavy atom. The van der Waals surface area contributed by atoms with Gasteiger partial charge in [-0.15, -0.1) is 0 Å². The Hall–Kier alpha value is -2.90. The average molecular weight is 432 g/mol. The summed E-state index contributed by atoms with van der Waals surface area (Å²) in [6, 6.07) is 3.11. The second kappa shape index (κ2) is 7.66. The number of ketones is 1. The molecule has 1 aliphatic carbocycles. The Balaban J connectivity index is 1.65. The minimum Gasteiger partial charge on any atom is -0.444 e. The van der Waals surface area contributed by atoms with Crippen molar-refractivity contribution < 1.29 is 27.5 Å². The van der Waals surface area contributed by atoms with Crippen LogP contribution in [0.3, 0.4) is 0 Å². The molecule has 2 aromatic rings. The lowest BCUT2D eigenvalue weighted by Gasteiger charge is -2.52. The molecule has 5 rings (SSSR count). The van der Waals surface area contributed by atoms with E-state index in [1.165, 1.54) is 17.2 Å². The molecule has 31 heavy (non-hydrogen) atoms. The summed E-state index contributed by atoms with van der Waals surface area (Å²) in [6.07, 6.45) is 1.82. The first-order valence-electron chi connectivity index (χ1n) is 10.2. The number of Topliss-reactive ketones (excluding diaryl/α,β-unsaturated/α-hetero) is 1. The summed E-state index contributed by atoms with van der Waals surface area (Å²) in [5.41, 5.74) is -0.850. The van der Waals surface area contributed by atoms with Crippen LogP contribution >= 0.6 is 0 Å². The normalized spacial score (nSPS) is 22.8. The van der Waals surface area contributed by atoms with Crippen molar-refractivity contribution in [3.63, 3.8) is 0 Å². The number of benzene rings is 1. The van der Waals surface area contributed by atoms with Crippen LogP contribution in [0.5, 0.6) is 0 Å². The maximum atomic E-state index is 15.3. The van der Waals surface area contributed by atoms with Crippen LogP contribution in [-0.2, 0) is 16.0 Å². The molecule has 0 radical (unpaired) electrons. The highest BCUT2D eigenvalue weighted by molar-refractivity contribution is 5.93. The summed E-state index contributed by atoms with van der Waals surface area (Å²) in [6.45, 7) is 5.21. The van der Waals surface area contributed by atoms with Crippen LogP contribution in [0.1, 0.15) is 39.2 Å². The number of ether oxygens (including phenoxy) is 1. The molecule has 3 heterocycles. The van der Waals surface area contributed by atoms with E-state index in [0.717, 1.165) is 12.1 Å². The number of hydrogen-bond donors (Lipinski definition) is 0. The fourth-order valence-electron chi connectivity index (χ4n) is 4.24. The summed E-state index contributed by atoms with van der Waals surface area (Å²) in [7, 11) is 0. The monoisotopic (exact) mass is 432 g/mol. The lowest BCUT2D eigenvalue weighted by Crippen LogP contribution is -2.65. The number of amides is 1. The number of aromatic nitrogens is 1. The molecule has 2 bridgehead atoms. The molecule has 1 amide bonds. The topological polar surface area (TPSA) is 59.5 Å². The molecule has 8 heteroatoms. The Bertz CT molecular complexity index is 1020. The smallest absolute Gasteiger partial charge is 0.411 e. The highest BCUT2D eigenvalue weighted by Crippen LogP contribution is 2.42. The molecule has 2 aliphatic heterocycles. The van der Waals surface area contributed by atoms with Gasteiger partial charge in [-0.3, -0.25) is 14.7 Å². The van der Waals surface area contributed by atoms with E-state index in [1.807, 2.05) is 0 Å². The van der Waals surface area contributed by atoms with Crippen molar-refractivity contribution in [1.82, 2.24) is 9.88 Å². The third kappa shape index (κ3) is 4.16. The van der Waals surface area contributed by atoms with Crippen LogP contribution in [0, 0.1) is 23.4 Å². The van der Waals surface area contributed by atoms with Crippen LogP contribution < -0.4 is 0 Å². The fraction of sp³-hybridized carbons (Fsp3) is 0.435. The van der Waals surface area contributed by atoms with Crippen LogP contribution in [0.25, 0.3) is 11.3 Å². The molecule has 0 N–H and O–H groups in total. The van der Waals surface area contributed by atoms with Crippen molar-refractivity contribution in [3.8, 4) is 11.3 Å². The number of pyridine rings is 1. The van der Waals surface area contributed by atoms with E-state index >= 15 is 4.39 Å². The van der Waals surface area contributed by atoms with Crippen LogP contribution in [0.2, 0.25) is 0 Å². The number of rotatable bonds is 3. The number of carbonyl (C=O) groups is 2. The predicted octanol–water partition coefficient (Wildman–Crippen LogP) is 4.68. The Morgan fingerprint density at radius 2 is 1.81 bits per heavy atom. The average Bonchev–Trinajstić information content (AvgIpc) is 2.61. The van der Waals surface area contributed by atoms with Gasteiger partial charge in [0.2, 0.25) is 0 Å². The van der Waals surface area contributed by atoms with Gasteiger partial charge in [-0.2, -0.15) is 0 Å². The number of piperidine rings is 2. The number of carbonyl (C=O) groups excluding carboxylic acids is 2. The summed E-state index contributed by atoms with van der Waals surface area (Å²) in [4.78, 5) is 31.1. The number of halogens is 3. The van der Waals surface area contributed by atoms with Crippen LogP contribution in [0.4, 0.5) is 18.0 Å². The SMILES string of the molecule is CC(C)(C)OC(=O)N1C2CC(C2)C(=O)C1Cc1ccnc(-c2cc(F)cc(F)c2)c1F. The van der Waals surface area contributed by atoms with Gasteiger partial charge in [-0.1, -0.05) is 0 Å². The number of nitrogens with zero attached hydrogens (tertiary/aromatic N) is 2. The van der Waals surface area contributed by atoms with Crippen molar-refractivity contribution in [1.29, 1.82) is 0 Å². The molecule has 1 unspecified atom stereocenters.